The number of aromatic nitrogens is 2. The minimum atomic E-state index is -0.414. The minimum absolute atomic E-state index is 0.366. The van der Waals surface area contributed by atoms with Gasteiger partial charge in [0.25, 0.3) is 0 Å². The second kappa shape index (κ2) is 6.40. The Bertz CT molecular complexity index is 898. The Morgan fingerprint density at radius 2 is 1.87 bits per heavy atom. The van der Waals surface area contributed by atoms with Gasteiger partial charge in [0.2, 0.25) is 0 Å². The van der Waals surface area contributed by atoms with Crippen molar-refractivity contribution in [1.82, 2.24) is 9.97 Å². The number of pyridine rings is 2. The lowest BCUT2D eigenvalue weighted by atomic mass is 10.2. The molecule has 5 nitrogen and oxygen atoms in total. The minimum Gasteiger partial charge on any atom is -0.306 e. The summed E-state index contributed by atoms with van der Waals surface area (Å²) in [6.45, 7) is 1.80. The molecule has 2 N–H and O–H groups in total. The topological polar surface area (TPSA) is 66.9 Å². The van der Waals surface area contributed by atoms with E-state index in [1.165, 1.54) is 0 Å². The first-order valence-corrected chi connectivity index (χ1v) is 7.54. The number of aryl methyl sites for hydroxylation is 1. The summed E-state index contributed by atoms with van der Waals surface area (Å²) >= 11 is 11.9. The van der Waals surface area contributed by atoms with E-state index in [1.807, 2.05) is 18.2 Å². The monoisotopic (exact) mass is 346 g/mol. The van der Waals surface area contributed by atoms with E-state index < -0.39 is 6.03 Å². The van der Waals surface area contributed by atoms with Crippen LogP contribution in [0.5, 0.6) is 0 Å². The maximum absolute atomic E-state index is 12.2. The van der Waals surface area contributed by atoms with E-state index >= 15 is 0 Å². The standard InChI is InChI=1S/C16H12Cl2N4O/c1-9-14(7-10-3-2-6-19-15(10)20-9)22-16(23)21-13-5-4-11(17)8-12(13)18/h2-8H,1H3,(H2,21,22,23). The van der Waals surface area contributed by atoms with Crippen LogP contribution < -0.4 is 10.6 Å². The van der Waals surface area contributed by atoms with E-state index in [9.17, 15) is 4.79 Å². The predicted octanol–water partition coefficient (Wildman–Crippen LogP) is 4.89. The Kier molecular flexibility index (Phi) is 4.32. The fourth-order valence-electron chi connectivity index (χ4n) is 2.09. The molecule has 0 radical (unpaired) electrons. The number of halogens is 2. The number of amides is 2. The lowest BCUT2D eigenvalue weighted by Gasteiger charge is -2.11. The zero-order chi connectivity index (χ0) is 16.4. The molecule has 2 aromatic heterocycles. The summed E-state index contributed by atoms with van der Waals surface area (Å²) in [6.07, 6.45) is 1.68. The first kappa shape index (κ1) is 15.5. The van der Waals surface area contributed by atoms with E-state index in [2.05, 4.69) is 20.6 Å². The maximum Gasteiger partial charge on any atom is 0.323 e. The number of urea groups is 1. The number of hydrogen-bond donors (Lipinski definition) is 2. The van der Waals surface area contributed by atoms with E-state index in [0.717, 1.165) is 5.39 Å². The molecule has 0 fully saturated rings. The molecule has 0 aliphatic carbocycles. The number of nitrogens with zero attached hydrogens (tertiary/aromatic N) is 2. The van der Waals surface area contributed by atoms with Crippen LogP contribution in [0.15, 0.2) is 42.6 Å². The number of rotatable bonds is 2. The third kappa shape index (κ3) is 3.52. The van der Waals surface area contributed by atoms with Crippen molar-refractivity contribution in [2.45, 2.75) is 6.92 Å². The Morgan fingerprint density at radius 3 is 2.65 bits per heavy atom. The highest BCUT2D eigenvalue weighted by Gasteiger charge is 2.10. The third-order valence-electron chi connectivity index (χ3n) is 3.21. The van der Waals surface area contributed by atoms with Crippen molar-refractivity contribution < 1.29 is 4.79 Å². The summed E-state index contributed by atoms with van der Waals surface area (Å²) in [5.74, 6) is 0. The first-order chi connectivity index (χ1) is 11.0. The molecule has 116 valence electrons. The van der Waals surface area contributed by atoms with E-state index in [-0.39, 0.29) is 0 Å². The summed E-state index contributed by atoms with van der Waals surface area (Å²) in [5.41, 5.74) is 2.39. The molecule has 3 rings (SSSR count). The molecular weight excluding hydrogens is 335 g/mol. The SMILES string of the molecule is Cc1nc2ncccc2cc1NC(=O)Nc1ccc(Cl)cc1Cl. The van der Waals surface area contributed by atoms with Gasteiger partial charge in [-0.3, -0.25) is 0 Å². The second-order valence-corrected chi connectivity index (χ2v) is 5.72. The van der Waals surface area contributed by atoms with Crippen LogP contribution in [0.2, 0.25) is 10.0 Å². The van der Waals surface area contributed by atoms with Gasteiger partial charge in [0.1, 0.15) is 0 Å². The molecule has 1 aromatic carbocycles. The zero-order valence-corrected chi connectivity index (χ0v) is 13.6. The van der Waals surface area contributed by atoms with Crippen molar-refractivity contribution in [2.24, 2.45) is 0 Å². The van der Waals surface area contributed by atoms with Gasteiger partial charge in [-0.25, -0.2) is 14.8 Å². The van der Waals surface area contributed by atoms with Crippen LogP contribution in [0.1, 0.15) is 5.69 Å². The average molecular weight is 347 g/mol. The number of benzene rings is 1. The molecule has 7 heteroatoms. The van der Waals surface area contributed by atoms with Gasteiger partial charge in [-0.05, 0) is 43.3 Å². The molecule has 0 unspecified atom stereocenters. The number of carbonyl (C=O) groups is 1. The van der Waals surface area contributed by atoms with Crippen LogP contribution in [0.4, 0.5) is 16.2 Å². The Balaban J connectivity index is 1.81. The molecule has 23 heavy (non-hydrogen) atoms. The molecule has 0 spiro atoms. The Hall–Kier alpha value is -2.37. The normalized spacial score (nSPS) is 10.6. The Labute approximate surface area is 142 Å². The van der Waals surface area contributed by atoms with E-state index in [0.29, 0.717) is 32.8 Å². The van der Waals surface area contributed by atoms with Gasteiger partial charge in [0.15, 0.2) is 5.65 Å². The van der Waals surface area contributed by atoms with Crippen LogP contribution in [0, 0.1) is 6.92 Å². The molecule has 3 aromatic rings. The highest BCUT2D eigenvalue weighted by Crippen LogP contribution is 2.26. The molecular formula is C16H12Cl2N4O. The molecule has 0 atom stereocenters. The van der Waals surface area contributed by atoms with Crippen LogP contribution >= 0.6 is 23.2 Å². The number of hydrogen-bond acceptors (Lipinski definition) is 3. The molecule has 0 saturated carbocycles. The average Bonchev–Trinajstić information content (AvgIpc) is 2.51. The van der Waals surface area contributed by atoms with Gasteiger partial charge >= 0.3 is 6.03 Å². The molecule has 0 bridgehead atoms. The lowest BCUT2D eigenvalue weighted by Crippen LogP contribution is -2.20. The van der Waals surface area contributed by atoms with Gasteiger partial charge in [-0.15, -0.1) is 0 Å². The van der Waals surface area contributed by atoms with Gasteiger partial charge in [-0.2, -0.15) is 0 Å². The van der Waals surface area contributed by atoms with Crippen molar-refractivity contribution in [1.29, 1.82) is 0 Å². The van der Waals surface area contributed by atoms with Crippen molar-refractivity contribution in [3.05, 3.63) is 58.3 Å². The molecule has 2 amide bonds. The number of fused-ring (bicyclic) bond motifs is 1. The lowest BCUT2D eigenvalue weighted by molar-refractivity contribution is 0.262. The molecule has 0 saturated heterocycles. The quantitative estimate of drug-likeness (QED) is 0.694. The maximum atomic E-state index is 12.2. The van der Waals surface area contributed by atoms with Crippen molar-refractivity contribution in [2.75, 3.05) is 10.6 Å². The third-order valence-corrected chi connectivity index (χ3v) is 3.76. The van der Waals surface area contributed by atoms with Crippen molar-refractivity contribution in [3.63, 3.8) is 0 Å². The summed E-state index contributed by atoms with van der Waals surface area (Å²) in [6, 6.07) is 9.96. The van der Waals surface area contributed by atoms with Crippen LogP contribution in [0.25, 0.3) is 11.0 Å². The van der Waals surface area contributed by atoms with Gasteiger partial charge < -0.3 is 10.6 Å². The van der Waals surface area contributed by atoms with Gasteiger partial charge in [-0.1, -0.05) is 23.2 Å². The summed E-state index contributed by atoms with van der Waals surface area (Å²) in [7, 11) is 0. The fourth-order valence-corrected chi connectivity index (χ4v) is 2.54. The van der Waals surface area contributed by atoms with Crippen molar-refractivity contribution >= 4 is 51.6 Å². The summed E-state index contributed by atoms with van der Waals surface area (Å²) < 4.78 is 0. The zero-order valence-electron chi connectivity index (χ0n) is 12.1. The van der Waals surface area contributed by atoms with Crippen molar-refractivity contribution in [3.8, 4) is 0 Å². The van der Waals surface area contributed by atoms with E-state index in [4.69, 9.17) is 23.2 Å². The number of nitrogens with one attached hydrogen (secondary N) is 2. The molecule has 0 aliphatic heterocycles. The highest BCUT2D eigenvalue weighted by molar-refractivity contribution is 6.36. The first-order valence-electron chi connectivity index (χ1n) is 6.78. The summed E-state index contributed by atoms with van der Waals surface area (Å²) in [4.78, 5) is 20.7. The smallest absolute Gasteiger partial charge is 0.306 e. The van der Waals surface area contributed by atoms with Gasteiger partial charge in [0.05, 0.1) is 22.1 Å². The second-order valence-electron chi connectivity index (χ2n) is 4.87. The van der Waals surface area contributed by atoms with E-state index in [1.54, 1.807) is 31.3 Å². The fraction of sp³-hybridized carbons (Fsp3) is 0.0625. The molecule has 0 aliphatic rings. The number of anilines is 2. The summed E-state index contributed by atoms with van der Waals surface area (Å²) in [5, 5.41) is 7.15. The highest BCUT2D eigenvalue weighted by atomic mass is 35.5. The molecule has 2 heterocycles. The Morgan fingerprint density at radius 1 is 1.09 bits per heavy atom. The van der Waals surface area contributed by atoms with Gasteiger partial charge in [0, 0.05) is 16.6 Å². The largest absolute Gasteiger partial charge is 0.323 e. The number of carbonyl (C=O) groups excluding carboxylic acids is 1. The van der Waals surface area contributed by atoms with Crippen LogP contribution in [-0.2, 0) is 0 Å². The van der Waals surface area contributed by atoms with Crippen LogP contribution in [0.3, 0.4) is 0 Å². The van der Waals surface area contributed by atoms with Crippen LogP contribution in [-0.4, -0.2) is 16.0 Å². The predicted molar refractivity (Wildman–Crippen MR) is 93.4 cm³/mol.